The van der Waals surface area contributed by atoms with Crippen LogP contribution in [0.25, 0.3) is 0 Å². The fourth-order valence-electron chi connectivity index (χ4n) is 0.830. The lowest BCUT2D eigenvalue weighted by molar-refractivity contribution is 0.209. The van der Waals surface area contributed by atoms with Crippen molar-refractivity contribution >= 4 is 6.03 Å². The SMILES string of the molecule is CN(N=O)C(=O)NCc1ccncc1. The summed E-state index contributed by atoms with van der Waals surface area (Å²) in [6.07, 6.45) is 3.26. The number of hydrogen-bond acceptors (Lipinski definition) is 4. The molecule has 0 fully saturated rings. The van der Waals surface area contributed by atoms with Crippen LogP contribution in [0.2, 0.25) is 0 Å². The number of carbonyl (C=O) groups is 1. The second-order valence-electron chi connectivity index (χ2n) is 2.62. The number of hydrogen-bond donors (Lipinski definition) is 1. The molecule has 0 bridgehead atoms. The van der Waals surface area contributed by atoms with Crippen molar-refractivity contribution in [3.05, 3.63) is 35.0 Å². The van der Waals surface area contributed by atoms with Crippen LogP contribution < -0.4 is 5.32 Å². The maximum atomic E-state index is 11.1. The molecule has 1 heterocycles. The number of aromatic nitrogens is 1. The number of amides is 2. The fraction of sp³-hybridized carbons (Fsp3) is 0.250. The monoisotopic (exact) mass is 194 g/mol. The minimum atomic E-state index is -0.531. The Morgan fingerprint density at radius 2 is 2.21 bits per heavy atom. The maximum Gasteiger partial charge on any atom is 0.340 e. The van der Waals surface area contributed by atoms with Crippen LogP contribution >= 0.6 is 0 Å². The van der Waals surface area contributed by atoms with Crippen molar-refractivity contribution in [3.63, 3.8) is 0 Å². The first-order valence-corrected chi connectivity index (χ1v) is 3.98. The Kier molecular flexibility index (Phi) is 3.54. The molecule has 0 saturated heterocycles. The predicted octanol–water partition coefficient (Wildman–Crippen LogP) is 0.904. The molecule has 1 aromatic heterocycles. The smallest absolute Gasteiger partial charge is 0.332 e. The van der Waals surface area contributed by atoms with Crippen molar-refractivity contribution in [2.24, 2.45) is 5.29 Å². The van der Waals surface area contributed by atoms with Crippen molar-refractivity contribution in [1.82, 2.24) is 15.3 Å². The third-order valence-electron chi connectivity index (χ3n) is 1.61. The van der Waals surface area contributed by atoms with Crippen LogP contribution in [0.4, 0.5) is 4.79 Å². The quantitative estimate of drug-likeness (QED) is 0.573. The molecule has 0 radical (unpaired) electrons. The maximum absolute atomic E-state index is 11.1. The van der Waals surface area contributed by atoms with E-state index in [1.54, 1.807) is 24.5 Å². The largest absolute Gasteiger partial charge is 0.340 e. The van der Waals surface area contributed by atoms with Crippen LogP contribution in [-0.2, 0) is 6.54 Å². The summed E-state index contributed by atoms with van der Waals surface area (Å²) in [5, 5.41) is 5.67. The summed E-state index contributed by atoms with van der Waals surface area (Å²) in [6, 6.07) is 3.01. The second-order valence-corrected chi connectivity index (χ2v) is 2.62. The van der Waals surface area contributed by atoms with Gasteiger partial charge in [-0.3, -0.25) is 4.98 Å². The number of carbonyl (C=O) groups excluding carboxylic acids is 1. The van der Waals surface area contributed by atoms with E-state index in [-0.39, 0.29) is 0 Å². The molecule has 6 heteroatoms. The van der Waals surface area contributed by atoms with E-state index in [1.165, 1.54) is 7.05 Å². The van der Waals surface area contributed by atoms with Crippen LogP contribution in [0.1, 0.15) is 5.56 Å². The second kappa shape index (κ2) is 4.90. The molecular formula is C8H10N4O2. The molecule has 14 heavy (non-hydrogen) atoms. The molecule has 1 N–H and O–H groups in total. The van der Waals surface area contributed by atoms with Gasteiger partial charge in [0.1, 0.15) is 0 Å². The van der Waals surface area contributed by atoms with Crippen molar-refractivity contribution in [3.8, 4) is 0 Å². The highest BCUT2D eigenvalue weighted by atomic mass is 16.3. The minimum absolute atomic E-state index is 0.348. The van der Waals surface area contributed by atoms with E-state index >= 15 is 0 Å². The van der Waals surface area contributed by atoms with E-state index < -0.39 is 6.03 Å². The normalized spacial score (nSPS) is 9.21. The Morgan fingerprint density at radius 1 is 1.57 bits per heavy atom. The van der Waals surface area contributed by atoms with Crippen LogP contribution in [0, 0.1) is 4.91 Å². The lowest BCUT2D eigenvalue weighted by atomic mass is 10.3. The van der Waals surface area contributed by atoms with Crippen molar-refractivity contribution < 1.29 is 4.79 Å². The Labute approximate surface area is 80.9 Å². The first kappa shape index (κ1) is 10.1. The topological polar surface area (TPSA) is 74.7 Å². The van der Waals surface area contributed by atoms with Crippen LogP contribution in [0.3, 0.4) is 0 Å². The summed E-state index contributed by atoms with van der Waals surface area (Å²) in [5.41, 5.74) is 0.910. The van der Waals surface area contributed by atoms with Crippen molar-refractivity contribution in [2.45, 2.75) is 6.54 Å². The lowest BCUT2D eigenvalue weighted by Gasteiger charge is -2.08. The summed E-state index contributed by atoms with van der Waals surface area (Å²) in [7, 11) is 1.29. The van der Waals surface area contributed by atoms with Crippen molar-refractivity contribution in [1.29, 1.82) is 0 Å². The van der Waals surface area contributed by atoms with E-state index in [9.17, 15) is 9.70 Å². The molecule has 0 aliphatic heterocycles. The van der Waals surface area contributed by atoms with Crippen LogP contribution in [0.15, 0.2) is 29.8 Å². The molecule has 0 unspecified atom stereocenters. The molecule has 1 aromatic rings. The molecule has 0 spiro atoms. The Bertz CT molecular complexity index is 314. The number of nitrogens with one attached hydrogen (secondary N) is 1. The average molecular weight is 194 g/mol. The van der Waals surface area contributed by atoms with Gasteiger partial charge < -0.3 is 5.32 Å². The number of urea groups is 1. The molecule has 0 atom stereocenters. The first-order valence-electron chi connectivity index (χ1n) is 3.98. The number of pyridine rings is 1. The van der Waals surface area contributed by atoms with Gasteiger partial charge in [0.2, 0.25) is 0 Å². The third kappa shape index (κ3) is 2.81. The fourth-order valence-corrected chi connectivity index (χ4v) is 0.830. The van der Waals surface area contributed by atoms with Gasteiger partial charge in [0, 0.05) is 26.0 Å². The molecule has 1 rings (SSSR count). The summed E-state index contributed by atoms with van der Waals surface area (Å²) < 4.78 is 0. The molecular weight excluding hydrogens is 184 g/mol. The summed E-state index contributed by atoms with van der Waals surface area (Å²) >= 11 is 0. The highest BCUT2D eigenvalue weighted by Crippen LogP contribution is 1.95. The zero-order chi connectivity index (χ0) is 10.4. The summed E-state index contributed by atoms with van der Waals surface area (Å²) in [4.78, 5) is 24.8. The van der Waals surface area contributed by atoms with Gasteiger partial charge >= 0.3 is 6.03 Å². The van der Waals surface area contributed by atoms with Crippen molar-refractivity contribution in [2.75, 3.05) is 7.05 Å². The Morgan fingerprint density at radius 3 is 2.79 bits per heavy atom. The van der Waals surface area contributed by atoms with Gasteiger partial charge in [0.25, 0.3) is 0 Å². The van der Waals surface area contributed by atoms with Gasteiger partial charge in [0.05, 0.1) is 5.29 Å². The van der Waals surface area contributed by atoms with Gasteiger partial charge in [-0.15, -0.1) is 4.91 Å². The zero-order valence-corrected chi connectivity index (χ0v) is 7.67. The van der Waals surface area contributed by atoms with Gasteiger partial charge in [-0.05, 0) is 17.7 Å². The number of rotatable bonds is 3. The van der Waals surface area contributed by atoms with Gasteiger partial charge in [-0.2, -0.15) is 5.01 Å². The minimum Gasteiger partial charge on any atom is -0.332 e. The molecule has 0 aliphatic carbocycles. The number of nitroso groups, excluding NO2 is 1. The standard InChI is InChI=1S/C8H10N4O2/c1-12(11-14)8(13)10-6-7-2-4-9-5-3-7/h2-5H,6H2,1H3,(H,10,13). The highest BCUT2D eigenvalue weighted by Gasteiger charge is 2.06. The highest BCUT2D eigenvalue weighted by molar-refractivity contribution is 5.73. The molecule has 6 nitrogen and oxygen atoms in total. The van der Waals surface area contributed by atoms with Gasteiger partial charge in [-0.1, -0.05) is 0 Å². The van der Waals surface area contributed by atoms with Crippen LogP contribution in [0.5, 0.6) is 0 Å². The molecule has 0 aromatic carbocycles. The molecule has 2 amide bonds. The predicted molar refractivity (Wildman–Crippen MR) is 50.0 cm³/mol. The zero-order valence-electron chi connectivity index (χ0n) is 7.67. The first-order chi connectivity index (χ1) is 6.74. The van der Waals surface area contributed by atoms with E-state index in [4.69, 9.17) is 0 Å². The number of nitrogens with zero attached hydrogens (tertiary/aromatic N) is 3. The van der Waals surface area contributed by atoms with E-state index in [1.807, 2.05) is 0 Å². The lowest BCUT2D eigenvalue weighted by Crippen LogP contribution is -2.33. The molecule has 74 valence electrons. The molecule has 0 aliphatic rings. The Balaban J connectivity index is 2.42. The van der Waals surface area contributed by atoms with E-state index in [0.29, 0.717) is 11.6 Å². The van der Waals surface area contributed by atoms with E-state index in [0.717, 1.165) is 5.56 Å². The molecule has 0 saturated carbocycles. The summed E-state index contributed by atoms with van der Waals surface area (Å²) in [5.74, 6) is 0. The summed E-state index contributed by atoms with van der Waals surface area (Å²) in [6.45, 7) is 0.348. The average Bonchev–Trinajstić information content (AvgIpc) is 2.26. The third-order valence-corrected chi connectivity index (χ3v) is 1.61. The van der Waals surface area contributed by atoms with Gasteiger partial charge in [0.15, 0.2) is 0 Å². The van der Waals surface area contributed by atoms with Crippen LogP contribution in [-0.4, -0.2) is 23.1 Å². The Hall–Kier alpha value is -1.98. The van der Waals surface area contributed by atoms with Gasteiger partial charge in [-0.25, -0.2) is 4.79 Å². The van der Waals surface area contributed by atoms with E-state index in [2.05, 4.69) is 15.6 Å².